The van der Waals surface area contributed by atoms with Crippen LogP contribution in [0.3, 0.4) is 0 Å². The molecule has 0 aliphatic carbocycles. The summed E-state index contributed by atoms with van der Waals surface area (Å²) in [6.45, 7) is 9.64. The number of carbonyl (C=O) groups is 1. The lowest BCUT2D eigenvalue weighted by atomic mass is 9.94. The highest BCUT2D eigenvalue weighted by atomic mass is 16.5. The van der Waals surface area contributed by atoms with Crippen LogP contribution in [-0.4, -0.2) is 37.1 Å². The molecular formula is C22H41NO2. The van der Waals surface area contributed by atoms with Gasteiger partial charge < -0.3 is 9.64 Å². The van der Waals surface area contributed by atoms with Crippen molar-refractivity contribution in [3.05, 3.63) is 12.2 Å². The second-order valence-electron chi connectivity index (χ2n) is 7.77. The Kier molecular flexibility index (Phi) is 12.8. The van der Waals surface area contributed by atoms with E-state index in [9.17, 15) is 4.79 Å². The summed E-state index contributed by atoms with van der Waals surface area (Å²) >= 11 is 0. The lowest BCUT2D eigenvalue weighted by molar-refractivity contribution is -0.139. The van der Waals surface area contributed by atoms with Gasteiger partial charge >= 0.3 is 0 Å². The third kappa shape index (κ3) is 10.7. The lowest BCUT2D eigenvalue weighted by Crippen LogP contribution is -2.43. The van der Waals surface area contributed by atoms with Gasteiger partial charge in [0.15, 0.2) is 0 Å². The van der Waals surface area contributed by atoms with E-state index in [1.807, 2.05) is 4.90 Å². The molecule has 2 unspecified atom stereocenters. The van der Waals surface area contributed by atoms with Crippen molar-refractivity contribution in [3.63, 3.8) is 0 Å². The van der Waals surface area contributed by atoms with Gasteiger partial charge in [-0.2, -0.15) is 0 Å². The van der Waals surface area contributed by atoms with Crippen LogP contribution < -0.4 is 0 Å². The van der Waals surface area contributed by atoms with Gasteiger partial charge in [-0.05, 0) is 38.0 Å². The molecule has 146 valence electrons. The molecular weight excluding hydrogens is 310 g/mol. The van der Waals surface area contributed by atoms with E-state index >= 15 is 0 Å². The van der Waals surface area contributed by atoms with Crippen LogP contribution in [-0.2, 0) is 9.53 Å². The summed E-state index contributed by atoms with van der Waals surface area (Å²) in [7, 11) is 0. The Bertz CT molecular complexity index is 361. The van der Waals surface area contributed by atoms with E-state index < -0.39 is 0 Å². The predicted molar refractivity (Wildman–Crippen MR) is 107 cm³/mol. The molecule has 0 aromatic heterocycles. The number of hydrogen-bond donors (Lipinski definition) is 0. The molecule has 0 N–H and O–H groups in total. The molecule has 0 aromatic rings. The number of nitrogens with zero attached hydrogens (tertiary/aromatic N) is 1. The standard InChI is InChI=1S/C22H41NO2/c1-4-5-6-7-8-9-10-11-13-20(2)14-12-15-21(3)22(24)23-16-18-25-19-17-23/h8-9,20-21H,4-7,10-19H2,1-3H3. The summed E-state index contributed by atoms with van der Waals surface area (Å²) in [4.78, 5) is 14.4. The molecule has 1 saturated heterocycles. The van der Waals surface area contributed by atoms with Gasteiger partial charge in [-0.1, -0.05) is 65.0 Å². The largest absolute Gasteiger partial charge is 0.378 e. The second kappa shape index (κ2) is 14.4. The van der Waals surface area contributed by atoms with E-state index in [4.69, 9.17) is 4.74 Å². The zero-order valence-corrected chi connectivity index (χ0v) is 17.0. The van der Waals surface area contributed by atoms with Crippen molar-refractivity contribution >= 4 is 5.91 Å². The van der Waals surface area contributed by atoms with Crippen LogP contribution in [0.15, 0.2) is 12.2 Å². The van der Waals surface area contributed by atoms with Crippen molar-refractivity contribution in [1.29, 1.82) is 0 Å². The SMILES string of the molecule is CCCCCC=CCCCC(C)CCCC(C)C(=O)N1CCOCC1. The number of unbranched alkanes of at least 4 members (excludes halogenated alkanes) is 4. The molecule has 1 rings (SSSR count). The number of morpholine rings is 1. The maximum atomic E-state index is 12.4. The third-order valence-corrected chi connectivity index (χ3v) is 5.29. The van der Waals surface area contributed by atoms with Gasteiger partial charge in [-0.15, -0.1) is 0 Å². The van der Waals surface area contributed by atoms with Gasteiger partial charge in [-0.25, -0.2) is 0 Å². The zero-order valence-electron chi connectivity index (χ0n) is 17.0. The Labute approximate surface area is 156 Å². The highest BCUT2D eigenvalue weighted by Gasteiger charge is 2.22. The molecule has 3 nitrogen and oxygen atoms in total. The highest BCUT2D eigenvalue weighted by Crippen LogP contribution is 2.19. The Morgan fingerprint density at radius 2 is 1.60 bits per heavy atom. The predicted octanol–water partition coefficient (Wildman–Crippen LogP) is 5.59. The quantitative estimate of drug-likeness (QED) is 0.319. The average Bonchev–Trinajstić information content (AvgIpc) is 2.64. The van der Waals surface area contributed by atoms with Crippen LogP contribution in [0, 0.1) is 11.8 Å². The molecule has 0 spiro atoms. The minimum atomic E-state index is 0.163. The van der Waals surface area contributed by atoms with E-state index in [2.05, 4.69) is 32.9 Å². The molecule has 1 aliphatic rings. The van der Waals surface area contributed by atoms with Gasteiger partial charge in [0.2, 0.25) is 5.91 Å². The molecule has 0 radical (unpaired) electrons. The summed E-state index contributed by atoms with van der Waals surface area (Å²) < 4.78 is 5.32. The maximum Gasteiger partial charge on any atom is 0.225 e. The van der Waals surface area contributed by atoms with E-state index in [1.165, 1.54) is 57.8 Å². The Morgan fingerprint density at radius 3 is 2.28 bits per heavy atom. The van der Waals surface area contributed by atoms with Gasteiger partial charge in [0.1, 0.15) is 0 Å². The van der Waals surface area contributed by atoms with Crippen molar-refractivity contribution in [2.75, 3.05) is 26.3 Å². The van der Waals surface area contributed by atoms with Gasteiger partial charge in [-0.3, -0.25) is 4.79 Å². The Morgan fingerprint density at radius 1 is 0.960 bits per heavy atom. The molecule has 2 atom stereocenters. The fourth-order valence-corrected chi connectivity index (χ4v) is 3.47. The Hall–Kier alpha value is -0.830. The molecule has 0 saturated carbocycles. The van der Waals surface area contributed by atoms with Crippen molar-refractivity contribution in [3.8, 4) is 0 Å². The minimum Gasteiger partial charge on any atom is -0.378 e. The monoisotopic (exact) mass is 351 g/mol. The van der Waals surface area contributed by atoms with Gasteiger partial charge in [0, 0.05) is 19.0 Å². The van der Waals surface area contributed by atoms with Crippen LogP contribution in [0.5, 0.6) is 0 Å². The number of allylic oxidation sites excluding steroid dienone is 2. The molecule has 0 bridgehead atoms. The van der Waals surface area contributed by atoms with E-state index in [1.54, 1.807) is 0 Å². The molecule has 25 heavy (non-hydrogen) atoms. The Balaban J connectivity index is 2.01. The molecule has 1 fully saturated rings. The molecule has 0 aromatic carbocycles. The van der Waals surface area contributed by atoms with Crippen LogP contribution >= 0.6 is 0 Å². The van der Waals surface area contributed by atoms with Crippen LogP contribution in [0.1, 0.15) is 85.0 Å². The maximum absolute atomic E-state index is 12.4. The van der Waals surface area contributed by atoms with Crippen molar-refractivity contribution in [1.82, 2.24) is 4.90 Å². The lowest BCUT2D eigenvalue weighted by Gasteiger charge is -2.29. The minimum absolute atomic E-state index is 0.163. The number of amides is 1. The third-order valence-electron chi connectivity index (χ3n) is 5.29. The van der Waals surface area contributed by atoms with E-state index in [0.717, 1.165) is 25.4 Å². The summed E-state index contributed by atoms with van der Waals surface area (Å²) in [6, 6.07) is 0. The van der Waals surface area contributed by atoms with Crippen LogP contribution in [0.2, 0.25) is 0 Å². The smallest absolute Gasteiger partial charge is 0.225 e. The summed E-state index contributed by atoms with van der Waals surface area (Å²) in [5.74, 6) is 1.26. The van der Waals surface area contributed by atoms with Gasteiger partial charge in [0.25, 0.3) is 0 Å². The molecule has 3 heteroatoms. The van der Waals surface area contributed by atoms with E-state index in [0.29, 0.717) is 19.1 Å². The van der Waals surface area contributed by atoms with E-state index in [-0.39, 0.29) is 5.92 Å². The first-order chi connectivity index (χ1) is 12.1. The number of hydrogen-bond acceptors (Lipinski definition) is 2. The van der Waals surface area contributed by atoms with Crippen LogP contribution in [0.25, 0.3) is 0 Å². The van der Waals surface area contributed by atoms with Crippen molar-refractivity contribution in [2.24, 2.45) is 11.8 Å². The van der Waals surface area contributed by atoms with Crippen molar-refractivity contribution < 1.29 is 9.53 Å². The number of carbonyl (C=O) groups excluding carboxylic acids is 1. The number of rotatable bonds is 13. The van der Waals surface area contributed by atoms with Gasteiger partial charge in [0.05, 0.1) is 13.2 Å². The summed E-state index contributed by atoms with van der Waals surface area (Å²) in [5, 5.41) is 0. The zero-order chi connectivity index (χ0) is 18.3. The fraction of sp³-hybridized carbons (Fsp3) is 0.864. The second-order valence-corrected chi connectivity index (χ2v) is 7.77. The fourth-order valence-electron chi connectivity index (χ4n) is 3.47. The van der Waals surface area contributed by atoms with Crippen LogP contribution in [0.4, 0.5) is 0 Å². The molecule has 1 aliphatic heterocycles. The van der Waals surface area contributed by atoms with Crippen molar-refractivity contribution in [2.45, 2.75) is 85.0 Å². The molecule has 1 heterocycles. The first-order valence-electron chi connectivity index (χ1n) is 10.7. The number of ether oxygens (including phenoxy) is 1. The summed E-state index contributed by atoms with van der Waals surface area (Å²) in [6.07, 6.45) is 17.3. The normalized spacial score (nSPS) is 17.8. The average molecular weight is 352 g/mol. The highest BCUT2D eigenvalue weighted by molar-refractivity contribution is 5.78. The molecule has 1 amide bonds. The first kappa shape index (κ1) is 22.2. The topological polar surface area (TPSA) is 29.5 Å². The first-order valence-corrected chi connectivity index (χ1v) is 10.7. The summed E-state index contributed by atoms with van der Waals surface area (Å²) in [5.41, 5.74) is 0.